The van der Waals surface area contributed by atoms with Gasteiger partial charge in [0.25, 0.3) is 0 Å². The Balaban J connectivity index is 2.17. The van der Waals surface area contributed by atoms with Crippen molar-refractivity contribution in [3.63, 3.8) is 0 Å². The van der Waals surface area contributed by atoms with Crippen LogP contribution in [0.3, 0.4) is 0 Å². The van der Waals surface area contributed by atoms with Crippen LogP contribution >= 0.6 is 0 Å². The van der Waals surface area contributed by atoms with Gasteiger partial charge in [0.15, 0.2) is 12.1 Å². The number of rotatable bonds is 2. The molecule has 0 aromatic carbocycles. The first-order chi connectivity index (χ1) is 6.94. The first kappa shape index (κ1) is 11.3. The van der Waals surface area contributed by atoms with E-state index in [1.807, 2.05) is 6.92 Å². The van der Waals surface area contributed by atoms with Crippen molar-refractivity contribution in [1.82, 2.24) is 0 Å². The summed E-state index contributed by atoms with van der Waals surface area (Å²) in [6.07, 6.45) is -1.42. The Labute approximate surface area is 88.9 Å². The number of fused-ring (bicyclic) bond motifs is 1. The van der Waals surface area contributed by atoms with Gasteiger partial charge in [-0.3, -0.25) is 0 Å². The second kappa shape index (κ2) is 3.40. The third-order valence-corrected chi connectivity index (χ3v) is 3.16. The van der Waals surface area contributed by atoms with Crippen LogP contribution in [0.25, 0.3) is 0 Å². The quantitative estimate of drug-likeness (QED) is 0.682. The Hall–Kier alpha value is -0.200. The molecule has 0 aromatic heterocycles. The zero-order chi connectivity index (χ0) is 11.3. The smallest absolute Gasteiger partial charge is 0.190 e. The van der Waals surface area contributed by atoms with Crippen LogP contribution in [-0.4, -0.2) is 46.7 Å². The van der Waals surface area contributed by atoms with Crippen LogP contribution in [0.1, 0.15) is 27.2 Å². The molecule has 0 radical (unpaired) electrons. The number of hydrogen-bond donors (Lipinski definition) is 2. The van der Waals surface area contributed by atoms with Gasteiger partial charge in [0.1, 0.15) is 17.8 Å². The zero-order valence-electron chi connectivity index (χ0n) is 9.27. The van der Waals surface area contributed by atoms with E-state index in [1.165, 1.54) is 0 Å². The summed E-state index contributed by atoms with van der Waals surface area (Å²) in [7, 11) is 0. The molecule has 0 bridgehead atoms. The van der Waals surface area contributed by atoms with Gasteiger partial charge in [-0.05, 0) is 20.3 Å². The van der Waals surface area contributed by atoms with Gasteiger partial charge in [-0.1, -0.05) is 6.92 Å². The topological polar surface area (TPSA) is 68.2 Å². The minimum atomic E-state index is -0.939. The highest BCUT2D eigenvalue weighted by Gasteiger charge is 2.60. The largest absolute Gasteiger partial charge is 0.393 e. The zero-order valence-corrected chi connectivity index (χ0v) is 9.27. The number of aliphatic hydroxyl groups excluding tert-OH is 2. The molecule has 88 valence electrons. The predicted octanol–water partition coefficient (Wildman–Crippen LogP) is -0.00380. The molecule has 0 saturated carbocycles. The van der Waals surface area contributed by atoms with Crippen molar-refractivity contribution in [3.8, 4) is 0 Å². The lowest BCUT2D eigenvalue weighted by Crippen LogP contribution is -2.47. The van der Waals surface area contributed by atoms with Crippen LogP contribution in [0.15, 0.2) is 0 Å². The molecule has 4 atom stereocenters. The second-order valence-electron chi connectivity index (χ2n) is 4.61. The SMILES string of the molecule is CC[C@]1(CO)O[C@@H]2OC(C)(C)O[C@@H]2[C@@H]1O. The molecule has 5 heteroatoms. The van der Waals surface area contributed by atoms with E-state index < -0.39 is 29.9 Å². The number of aliphatic hydroxyl groups is 2. The van der Waals surface area contributed by atoms with Gasteiger partial charge in [0.2, 0.25) is 0 Å². The molecule has 0 aliphatic carbocycles. The third-order valence-electron chi connectivity index (χ3n) is 3.16. The molecule has 0 spiro atoms. The summed E-state index contributed by atoms with van der Waals surface area (Å²) >= 11 is 0. The maximum absolute atomic E-state index is 10.1. The lowest BCUT2D eigenvalue weighted by atomic mass is 9.93. The van der Waals surface area contributed by atoms with E-state index in [-0.39, 0.29) is 6.61 Å². The summed E-state index contributed by atoms with van der Waals surface area (Å²) in [5.74, 6) is -0.730. The Morgan fingerprint density at radius 3 is 2.33 bits per heavy atom. The van der Waals surface area contributed by atoms with Crippen LogP contribution in [0.5, 0.6) is 0 Å². The fraction of sp³-hybridized carbons (Fsp3) is 1.00. The minimum Gasteiger partial charge on any atom is -0.393 e. The number of hydrogen-bond acceptors (Lipinski definition) is 5. The molecule has 0 aromatic rings. The van der Waals surface area contributed by atoms with Crippen molar-refractivity contribution in [2.24, 2.45) is 0 Å². The predicted molar refractivity (Wildman–Crippen MR) is 51.0 cm³/mol. The van der Waals surface area contributed by atoms with Crippen LogP contribution in [0, 0.1) is 0 Å². The highest BCUT2D eigenvalue weighted by atomic mass is 16.8. The van der Waals surface area contributed by atoms with Gasteiger partial charge in [-0.15, -0.1) is 0 Å². The van der Waals surface area contributed by atoms with Gasteiger partial charge in [0.05, 0.1) is 6.61 Å². The molecular formula is C10H18O5. The highest BCUT2D eigenvalue weighted by Crippen LogP contribution is 2.43. The highest BCUT2D eigenvalue weighted by molar-refractivity contribution is 5.02. The third kappa shape index (κ3) is 1.59. The lowest BCUT2D eigenvalue weighted by Gasteiger charge is -2.31. The van der Waals surface area contributed by atoms with Gasteiger partial charge in [-0.25, -0.2) is 0 Å². The minimum absolute atomic E-state index is 0.231. The van der Waals surface area contributed by atoms with Gasteiger partial charge < -0.3 is 24.4 Å². The van der Waals surface area contributed by atoms with Crippen molar-refractivity contribution in [2.45, 2.75) is 57.1 Å². The van der Waals surface area contributed by atoms with Crippen LogP contribution in [-0.2, 0) is 14.2 Å². The van der Waals surface area contributed by atoms with Crippen molar-refractivity contribution in [2.75, 3.05) is 6.61 Å². The molecule has 0 amide bonds. The molecule has 2 N–H and O–H groups in total. The summed E-state index contributed by atoms with van der Waals surface area (Å²) in [5, 5.41) is 19.3. The normalized spacial score (nSPS) is 48.2. The van der Waals surface area contributed by atoms with Crippen molar-refractivity contribution >= 4 is 0 Å². The van der Waals surface area contributed by atoms with E-state index in [1.54, 1.807) is 13.8 Å². The fourth-order valence-corrected chi connectivity index (χ4v) is 2.20. The summed E-state index contributed by atoms with van der Waals surface area (Å²) < 4.78 is 16.6. The Bertz CT molecular complexity index is 248. The molecule has 2 heterocycles. The maximum Gasteiger partial charge on any atom is 0.190 e. The van der Waals surface area contributed by atoms with Crippen molar-refractivity contribution < 1.29 is 24.4 Å². The maximum atomic E-state index is 10.1. The summed E-state index contributed by atoms with van der Waals surface area (Å²) in [6.45, 7) is 5.17. The molecule has 2 rings (SSSR count). The van der Waals surface area contributed by atoms with E-state index in [2.05, 4.69) is 0 Å². The standard InChI is InChI=1S/C10H18O5/c1-4-10(5-11)7(12)6-8(15-10)14-9(2,3)13-6/h6-8,11-12H,4-5H2,1-3H3/t6-,7+,8+,10-/m1/s1. The average Bonchev–Trinajstić information content (AvgIpc) is 2.59. The molecule has 5 nitrogen and oxygen atoms in total. The molecule has 2 aliphatic heterocycles. The van der Waals surface area contributed by atoms with Crippen molar-refractivity contribution in [1.29, 1.82) is 0 Å². The molecule has 2 saturated heterocycles. The molecule has 15 heavy (non-hydrogen) atoms. The summed E-state index contributed by atoms with van der Waals surface area (Å²) in [4.78, 5) is 0. The van der Waals surface area contributed by atoms with Gasteiger partial charge >= 0.3 is 0 Å². The van der Waals surface area contributed by atoms with E-state index in [0.29, 0.717) is 6.42 Å². The van der Waals surface area contributed by atoms with Gasteiger partial charge in [-0.2, -0.15) is 0 Å². The lowest BCUT2D eigenvalue weighted by molar-refractivity contribution is -0.246. The van der Waals surface area contributed by atoms with Crippen LogP contribution in [0.4, 0.5) is 0 Å². The van der Waals surface area contributed by atoms with E-state index in [9.17, 15) is 10.2 Å². The van der Waals surface area contributed by atoms with Crippen LogP contribution < -0.4 is 0 Å². The summed E-state index contributed by atoms with van der Waals surface area (Å²) in [6, 6.07) is 0. The fourth-order valence-electron chi connectivity index (χ4n) is 2.20. The van der Waals surface area contributed by atoms with Gasteiger partial charge in [0, 0.05) is 0 Å². The monoisotopic (exact) mass is 218 g/mol. The number of ether oxygens (including phenoxy) is 3. The van der Waals surface area contributed by atoms with E-state index in [4.69, 9.17) is 14.2 Å². The molecule has 0 unspecified atom stereocenters. The Kier molecular flexibility index (Phi) is 2.56. The van der Waals surface area contributed by atoms with Crippen LogP contribution in [0.2, 0.25) is 0 Å². The molecule has 2 fully saturated rings. The summed E-state index contributed by atoms with van der Waals surface area (Å²) in [5.41, 5.74) is -0.939. The van der Waals surface area contributed by atoms with E-state index in [0.717, 1.165) is 0 Å². The Morgan fingerprint density at radius 1 is 1.20 bits per heavy atom. The Morgan fingerprint density at radius 2 is 1.87 bits per heavy atom. The first-order valence-corrected chi connectivity index (χ1v) is 5.26. The molecule has 2 aliphatic rings. The second-order valence-corrected chi connectivity index (χ2v) is 4.61. The average molecular weight is 218 g/mol. The van der Waals surface area contributed by atoms with E-state index >= 15 is 0 Å². The van der Waals surface area contributed by atoms with Crippen molar-refractivity contribution in [3.05, 3.63) is 0 Å². The first-order valence-electron chi connectivity index (χ1n) is 5.26. The molecular weight excluding hydrogens is 200 g/mol.